The number of nitrogens with zero attached hydrogens (tertiary/aromatic N) is 3. The van der Waals surface area contributed by atoms with Crippen molar-refractivity contribution >= 4 is 39.0 Å². The zero-order chi connectivity index (χ0) is 22.3. The molecule has 0 aliphatic carbocycles. The molecule has 8 nitrogen and oxygen atoms in total. The van der Waals surface area contributed by atoms with Crippen LogP contribution in [-0.2, 0) is 19.6 Å². The smallest absolute Gasteiger partial charge is 0.285 e. The van der Waals surface area contributed by atoms with E-state index >= 15 is 0 Å². The van der Waals surface area contributed by atoms with E-state index in [1.165, 1.54) is 0 Å². The van der Waals surface area contributed by atoms with Gasteiger partial charge in [0.05, 0.1) is 17.3 Å². The van der Waals surface area contributed by atoms with Gasteiger partial charge in [-0.2, -0.15) is 8.42 Å². The van der Waals surface area contributed by atoms with Crippen LogP contribution in [0.25, 0.3) is 0 Å². The standard InChI is InChI=1S/C23H24N4O4S/c28-21-12-6-14-27(21)19-10-3-2-9-18(19)24-23(29)16-7-5-13-26(15-16)22-17-8-1-4-11-20(17)32(30,31)25-22/h1-4,8-11,16H,5-7,12-15H2,(H,24,29)/t16-/m0/s1. The van der Waals surface area contributed by atoms with Crippen LogP contribution in [0, 0.1) is 5.92 Å². The Balaban J connectivity index is 1.34. The number of anilines is 2. The Hall–Kier alpha value is -3.20. The SMILES string of the molecule is O=C(Nc1ccccc1N1CCCC1=O)[C@H]1CCCN(C2=NS(=O)(=O)c3ccccc32)C1. The maximum Gasteiger partial charge on any atom is 0.285 e. The summed E-state index contributed by atoms with van der Waals surface area (Å²) in [6, 6.07) is 14.1. The van der Waals surface area contributed by atoms with Crippen molar-refractivity contribution in [3.8, 4) is 0 Å². The molecule has 2 fully saturated rings. The lowest BCUT2D eigenvalue weighted by Crippen LogP contribution is -2.43. The number of benzene rings is 2. The lowest BCUT2D eigenvalue weighted by Gasteiger charge is -2.33. The number of rotatable bonds is 3. The minimum atomic E-state index is -3.70. The molecule has 2 amide bonds. The molecule has 1 N–H and O–H groups in total. The molecule has 0 saturated carbocycles. The van der Waals surface area contributed by atoms with Crippen LogP contribution in [0.1, 0.15) is 31.2 Å². The molecule has 0 bridgehead atoms. The second-order valence-corrected chi connectivity index (χ2v) is 9.90. The van der Waals surface area contributed by atoms with Crippen LogP contribution < -0.4 is 10.2 Å². The number of amidine groups is 1. The monoisotopic (exact) mass is 452 g/mol. The molecule has 2 saturated heterocycles. The maximum atomic E-state index is 13.2. The van der Waals surface area contributed by atoms with E-state index in [1.54, 1.807) is 29.2 Å². The highest BCUT2D eigenvalue weighted by Crippen LogP contribution is 2.32. The number of fused-ring (bicyclic) bond motifs is 1. The molecular weight excluding hydrogens is 428 g/mol. The molecule has 3 aliphatic rings. The van der Waals surface area contributed by atoms with Gasteiger partial charge in [0, 0.05) is 31.6 Å². The van der Waals surface area contributed by atoms with Gasteiger partial charge in [0.1, 0.15) is 4.90 Å². The summed E-state index contributed by atoms with van der Waals surface area (Å²) in [7, 11) is -3.70. The summed E-state index contributed by atoms with van der Waals surface area (Å²) < 4.78 is 28.9. The molecule has 0 aromatic heterocycles. The average molecular weight is 453 g/mol. The van der Waals surface area contributed by atoms with Gasteiger partial charge < -0.3 is 15.1 Å². The molecule has 0 unspecified atom stereocenters. The van der Waals surface area contributed by atoms with Crippen molar-refractivity contribution in [3.05, 3.63) is 54.1 Å². The van der Waals surface area contributed by atoms with Crippen LogP contribution in [0.4, 0.5) is 11.4 Å². The van der Waals surface area contributed by atoms with Crippen LogP contribution >= 0.6 is 0 Å². The predicted molar refractivity (Wildman–Crippen MR) is 121 cm³/mol. The quantitative estimate of drug-likeness (QED) is 0.772. The second-order valence-electron chi connectivity index (χ2n) is 8.33. The number of likely N-dealkylation sites (tertiary alicyclic amines) is 1. The first-order chi connectivity index (χ1) is 15.4. The Bertz CT molecular complexity index is 1220. The minimum Gasteiger partial charge on any atom is -0.355 e. The number of carbonyl (C=O) groups is 2. The van der Waals surface area contributed by atoms with Gasteiger partial charge in [-0.1, -0.05) is 24.3 Å². The third-order valence-corrected chi connectivity index (χ3v) is 7.56. The highest BCUT2D eigenvalue weighted by molar-refractivity contribution is 7.90. The number of para-hydroxylation sites is 2. The second kappa shape index (κ2) is 8.05. The van der Waals surface area contributed by atoms with Gasteiger partial charge in [0.25, 0.3) is 10.0 Å². The van der Waals surface area contributed by atoms with Crippen molar-refractivity contribution in [1.82, 2.24) is 4.90 Å². The molecule has 3 aliphatic heterocycles. The van der Waals surface area contributed by atoms with E-state index in [2.05, 4.69) is 9.71 Å². The van der Waals surface area contributed by atoms with Gasteiger partial charge >= 0.3 is 0 Å². The molecule has 2 aromatic carbocycles. The first-order valence-corrected chi connectivity index (χ1v) is 12.3. The number of hydrogen-bond donors (Lipinski definition) is 1. The van der Waals surface area contributed by atoms with Gasteiger partial charge in [-0.15, -0.1) is 4.40 Å². The Morgan fingerprint density at radius 2 is 1.81 bits per heavy atom. The fraction of sp³-hybridized carbons (Fsp3) is 0.348. The molecule has 2 aromatic rings. The Kier molecular flexibility index (Phi) is 5.21. The molecule has 5 rings (SSSR count). The van der Waals surface area contributed by atoms with Crippen molar-refractivity contribution in [2.24, 2.45) is 10.3 Å². The van der Waals surface area contributed by atoms with Crippen LogP contribution in [0.15, 0.2) is 57.8 Å². The number of sulfonamides is 1. The summed E-state index contributed by atoms with van der Waals surface area (Å²) >= 11 is 0. The zero-order valence-electron chi connectivity index (χ0n) is 17.5. The summed E-state index contributed by atoms with van der Waals surface area (Å²) in [6.45, 7) is 1.68. The number of carbonyl (C=O) groups excluding carboxylic acids is 2. The van der Waals surface area contributed by atoms with Crippen molar-refractivity contribution in [1.29, 1.82) is 0 Å². The average Bonchev–Trinajstić information content (AvgIpc) is 3.35. The van der Waals surface area contributed by atoms with Crippen LogP contribution in [-0.4, -0.2) is 50.6 Å². The van der Waals surface area contributed by atoms with Gasteiger partial charge in [0.15, 0.2) is 5.84 Å². The summed E-state index contributed by atoms with van der Waals surface area (Å²) in [6.07, 6.45) is 2.79. The number of amides is 2. The number of nitrogens with one attached hydrogen (secondary N) is 1. The van der Waals surface area contributed by atoms with E-state index in [4.69, 9.17) is 0 Å². The van der Waals surface area contributed by atoms with Gasteiger partial charge in [-0.3, -0.25) is 9.59 Å². The maximum absolute atomic E-state index is 13.2. The van der Waals surface area contributed by atoms with E-state index in [1.807, 2.05) is 29.2 Å². The molecule has 1 atom stereocenters. The van der Waals surface area contributed by atoms with Crippen LogP contribution in [0.2, 0.25) is 0 Å². The van der Waals surface area contributed by atoms with Crippen molar-refractivity contribution in [2.45, 2.75) is 30.6 Å². The molecule has 3 heterocycles. The molecule has 0 radical (unpaired) electrons. The molecule has 166 valence electrons. The lowest BCUT2D eigenvalue weighted by atomic mass is 9.96. The van der Waals surface area contributed by atoms with Gasteiger partial charge in [-0.05, 0) is 43.5 Å². The summed E-state index contributed by atoms with van der Waals surface area (Å²) in [5.41, 5.74) is 1.93. The van der Waals surface area contributed by atoms with Crippen LogP contribution in [0.3, 0.4) is 0 Å². The first kappa shape index (κ1) is 20.7. The summed E-state index contributed by atoms with van der Waals surface area (Å²) in [5, 5.41) is 3.01. The zero-order valence-corrected chi connectivity index (χ0v) is 18.3. The van der Waals surface area contributed by atoms with Gasteiger partial charge in [-0.25, -0.2) is 0 Å². The summed E-state index contributed by atoms with van der Waals surface area (Å²) in [4.78, 5) is 29.2. The molecule has 0 spiro atoms. The van der Waals surface area contributed by atoms with E-state index in [0.29, 0.717) is 49.6 Å². The fourth-order valence-corrected chi connectivity index (χ4v) is 5.88. The first-order valence-electron chi connectivity index (χ1n) is 10.8. The minimum absolute atomic E-state index is 0.0645. The van der Waals surface area contributed by atoms with Crippen molar-refractivity contribution in [2.75, 3.05) is 29.9 Å². The highest BCUT2D eigenvalue weighted by atomic mass is 32.2. The third-order valence-electron chi connectivity index (χ3n) is 6.23. The lowest BCUT2D eigenvalue weighted by molar-refractivity contribution is -0.121. The van der Waals surface area contributed by atoms with Gasteiger partial charge in [0.2, 0.25) is 11.8 Å². The topological polar surface area (TPSA) is 99.2 Å². The van der Waals surface area contributed by atoms with Crippen molar-refractivity contribution < 1.29 is 18.0 Å². The van der Waals surface area contributed by atoms with Crippen LogP contribution in [0.5, 0.6) is 0 Å². The Morgan fingerprint density at radius 1 is 1.03 bits per heavy atom. The van der Waals surface area contributed by atoms with E-state index in [0.717, 1.165) is 18.5 Å². The Morgan fingerprint density at radius 3 is 2.62 bits per heavy atom. The Labute approximate surface area is 187 Å². The van der Waals surface area contributed by atoms with E-state index < -0.39 is 10.0 Å². The largest absolute Gasteiger partial charge is 0.355 e. The third kappa shape index (κ3) is 3.66. The van der Waals surface area contributed by atoms with E-state index in [9.17, 15) is 18.0 Å². The van der Waals surface area contributed by atoms with E-state index in [-0.39, 0.29) is 22.6 Å². The highest BCUT2D eigenvalue weighted by Gasteiger charge is 2.35. The molecule has 9 heteroatoms. The summed E-state index contributed by atoms with van der Waals surface area (Å²) in [5.74, 6) is 0.0311. The number of piperidine rings is 1. The number of hydrogen-bond acceptors (Lipinski definition) is 5. The molecular formula is C23H24N4O4S. The fourth-order valence-electron chi connectivity index (χ4n) is 4.65. The molecule has 32 heavy (non-hydrogen) atoms. The normalized spacial score (nSPS) is 21.9. The predicted octanol–water partition coefficient (Wildman–Crippen LogP) is 2.61. The van der Waals surface area contributed by atoms with Crippen molar-refractivity contribution in [3.63, 3.8) is 0 Å².